The number of halogens is 2. The van der Waals surface area contributed by atoms with Gasteiger partial charge in [0.2, 0.25) is 5.28 Å². The van der Waals surface area contributed by atoms with Crippen LogP contribution in [0.25, 0.3) is 0 Å². The topological polar surface area (TPSA) is 91.2 Å². The monoisotopic (exact) mass is 252 g/mol. The fourth-order valence-electron chi connectivity index (χ4n) is 0.788. The summed E-state index contributed by atoms with van der Waals surface area (Å²) in [5, 5.41) is 27.7. The Morgan fingerprint density at radius 1 is 1.27 bits per heavy atom. The number of nitrogens with one attached hydrogen (secondary N) is 1. The molecule has 0 aromatic carbocycles. The van der Waals surface area contributed by atoms with Crippen molar-refractivity contribution in [3.8, 4) is 0 Å². The molecule has 3 N–H and O–H groups in total. The van der Waals surface area contributed by atoms with Crippen LogP contribution in [0, 0.1) is 0 Å². The lowest BCUT2D eigenvalue weighted by atomic mass is 10.1. The number of rotatable bonds is 4. The van der Waals surface area contributed by atoms with Crippen LogP contribution < -0.4 is 5.32 Å². The number of aromatic nitrogens is 3. The molecule has 0 aliphatic carbocycles. The van der Waals surface area contributed by atoms with Crippen LogP contribution in [-0.2, 0) is 0 Å². The van der Waals surface area contributed by atoms with Gasteiger partial charge in [0.05, 0.1) is 18.8 Å². The molecule has 1 aromatic rings. The Morgan fingerprint density at radius 2 is 1.87 bits per heavy atom. The average molecular weight is 253 g/mol. The number of nitrogens with zero attached hydrogens (tertiary/aromatic N) is 3. The summed E-state index contributed by atoms with van der Waals surface area (Å²) < 4.78 is 0. The first kappa shape index (κ1) is 12.4. The molecule has 0 spiro atoms. The van der Waals surface area contributed by atoms with Crippen molar-refractivity contribution >= 4 is 29.0 Å². The Labute approximate surface area is 96.3 Å². The summed E-state index contributed by atoms with van der Waals surface area (Å²) in [7, 11) is 0. The van der Waals surface area contributed by atoms with Gasteiger partial charge >= 0.3 is 0 Å². The maximum Gasteiger partial charge on any atom is 0.245 e. The van der Waals surface area contributed by atoms with Crippen molar-refractivity contribution in [2.45, 2.75) is 12.5 Å². The maximum atomic E-state index is 9.04. The van der Waals surface area contributed by atoms with Crippen molar-refractivity contribution < 1.29 is 10.2 Å². The number of hydrogen-bond donors (Lipinski definition) is 3. The van der Waals surface area contributed by atoms with E-state index >= 15 is 0 Å². The largest absolute Gasteiger partial charge is 0.394 e. The summed E-state index contributed by atoms with van der Waals surface area (Å²) >= 11 is 11.2. The smallest absolute Gasteiger partial charge is 0.245 e. The second-order valence-electron chi connectivity index (χ2n) is 3.22. The van der Waals surface area contributed by atoms with Crippen molar-refractivity contribution in [3.05, 3.63) is 10.4 Å². The summed E-state index contributed by atoms with van der Waals surface area (Å²) in [5.74, 6) is 0.169. The molecular weight excluding hydrogens is 243 g/mol. The second-order valence-corrected chi connectivity index (χ2v) is 3.92. The number of anilines is 1. The molecule has 84 valence electrons. The molecular formula is C7H10Cl2N4O2. The number of aliphatic hydroxyl groups excluding tert-OH is 2. The Hall–Kier alpha value is -0.690. The molecule has 0 aliphatic rings. The molecule has 0 saturated carbocycles. The van der Waals surface area contributed by atoms with E-state index in [4.69, 9.17) is 33.4 Å². The highest BCUT2D eigenvalue weighted by atomic mass is 35.5. The molecule has 0 fully saturated rings. The van der Waals surface area contributed by atoms with Crippen LogP contribution in [-0.4, -0.2) is 44.1 Å². The summed E-state index contributed by atoms with van der Waals surface area (Å²) in [6, 6.07) is 0. The quantitative estimate of drug-likeness (QED) is 0.716. The molecule has 0 bridgehead atoms. The van der Waals surface area contributed by atoms with Crippen LogP contribution in [0.1, 0.15) is 6.92 Å². The van der Waals surface area contributed by atoms with Crippen molar-refractivity contribution in [1.29, 1.82) is 0 Å². The fourth-order valence-corrected chi connectivity index (χ4v) is 1.04. The van der Waals surface area contributed by atoms with Gasteiger partial charge in [0.1, 0.15) is 0 Å². The van der Waals surface area contributed by atoms with E-state index in [0.29, 0.717) is 0 Å². The Morgan fingerprint density at radius 3 is 2.40 bits per heavy atom. The van der Waals surface area contributed by atoms with Crippen LogP contribution in [0.3, 0.4) is 0 Å². The number of aliphatic hydroxyl groups is 2. The first-order chi connectivity index (χ1) is 7.00. The van der Waals surface area contributed by atoms with Gasteiger partial charge in [-0.15, -0.1) is 10.2 Å². The Bertz CT molecular complexity index is 346. The van der Waals surface area contributed by atoms with E-state index < -0.39 is 5.54 Å². The minimum absolute atomic E-state index is 0.0209. The Balaban J connectivity index is 2.92. The van der Waals surface area contributed by atoms with E-state index in [9.17, 15) is 0 Å². The first-order valence-corrected chi connectivity index (χ1v) is 4.82. The summed E-state index contributed by atoms with van der Waals surface area (Å²) in [6.07, 6.45) is 0. The minimum Gasteiger partial charge on any atom is -0.394 e. The highest BCUT2D eigenvalue weighted by molar-refractivity contribution is 6.32. The van der Waals surface area contributed by atoms with Gasteiger partial charge in [-0.1, -0.05) is 11.6 Å². The van der Waals surface area contributed by atoms with Crippen LogP contribution >= 0.6 is 23.2 Å². The lowest BCUT2D eigenvalue weighted by Gasteiger charge is -2.26. The van der Waals surface area contributed by atoms with E-state index in [0.717, 1.165) is 0 Å². The molecule has 15 heavy (non-hydrogen) atoms. The molecule has 0 amide bonds. The van der Waals surface area contributed by atoms with Gasteiger partial charge in [-0.05, 0) is 18.5 Å². The van der Waals surface area contributed by atoms with E-state index in [-0.39, 0.29) is 29.5 Å². The normalized spacial score (nSPS) is 11.5. The van der Waals surface area contributed by atoms with Gasteiger partial charge in [-0.25, -0.2) is 0 Å². The van der Waals surface area contributed by atoms with Crippen LogP contribution in [0.15, 0.2) is 0 Å². The molecule has 0 atom stereocenters. The molecule has 0 unspecified atom stereocenters. The third-order valence-electron chi connectivity index (χ3n) is 1.74. The highest BCUT2D eigenvalue weighted by Gasteiger charge is 2.24. The Kier molecular flexibility index (Phi) is 4.04. The molecule has 0 saturated heterocycles. The second kappa shape index (κ2) is 4.89. The highest BCUT2D eigenvalue weighted by Crippen LogP contribution is 2.20. The van der Waals surface area contributed by atoms with Gasteiger partial charge in [0.15, 0.2) is 11.0 Å². The van der Waals surface area contributed by atoms with Crippen molar-refractivity contribution in [2.24, 2.45) is 0 Å². The summed E-state index contributed by atoms with van der Waals surface area (Å²) in [5.41, 5.74) is -0.941. The zero-order valence-electron chi connectivity index (χ0n) is 7.91. The third-order valence-corrected chi connectivity index (χ3v) is 2.15. The molecule has 8 heteroatoms. The lowest BCUT2D eigenvalue weighted by Crippen LogP contribution is -2.43. The SMILES string of the molecule is CC(CO)(CO)Nc1nc(Cl)nnc1Cl. The molecule has 6 nitrogen and oxygen atoms in total. The molecule has 1 heterocycles. The van der Waals surface area contributed by atoms with Crippen molar-refractivity contribution in [2.75, 3.05) is 18.5 Å². The van der Waals surface area contributed by atoms with Crippen molar-refractivity contribution in [3.63, 3.8) is 0 Å². The fraction of sp³-hybridized carbons (Fsp3) is 0.571. The lowest BCUT2D eigenvalue weighted by molar-refractivity contribution is 0.147. The summed E-state index contributed by atoms with van der Waals surface area (Å²) in [6.45, 7) is 1.02. The van der Waals surface area contributed by atoms with Crippen LogP contribution in [0.2, 0.25) is 10.4 Å². The summed E-state index contributed by atoms with van der Waals surface area (Å²) in [4.78, 5) is 3.78. The van der Waals surface area contributed by atoms with Gasteiger partial charge in [0.25, 0.3) is 0 Å². The van der Waals surface area contributed by atoms with Gasteiger partial charge in [-0.2, -0.15) is 4.98 Å². The minimum atomic E-state index is -0.941. The van der Waals surface area contributed by atoms with Gasteiger partial charge < -0.3 is 15.5 Å². The third kappa shape index (κ3) is 3.13. The van der Waals surface area contributed by atoms with Crippen LogP contribution in [0.4, 0.5) is 5.82 Å². The standard InChI is InChI=1S/C7H10Cl2N4O2/c1-7(2-14,3-15)11-5-4(8)12-13-6(9)10-5/h14-15H,2-3H2,1H3,(H,10,11,13). The van der Waals surface area contributed by atoms with Gasteiger partial charge in [0, 0.05) is 0 Å². The molecule has 0 aliphatic heterocycles. The first-order valence-electron chi connectivity index (χ1n) is 4.06. The van der Waals surface area contributed by atoms with E-state index in [2.05, 4.69) is 20.5 Å². The number of hydrogen-bond acceptors (Lipinski definition) is 6. The molecule has 1 aromatic heterocycles. The van der Waals surface area contributed by atoms with Gasteiger partial charge in [-0.3, -0.25) is 0 Å². The zero-order valence-corrected chi connectivity index (χ0v) is 9.42. The molecule has 1 rings (SSSR count). The van der Waals surface area contributed by atoms with E-state index in [1.807, 2.05) is 0 Å². The predicted molar refractivity (Wildman–Crippen MR) is 56.0 cm³/mol. The predicted octanol–water partition coefficient (Wildman–Crippen LogP) is 0.334. The maximum absolute atomic E-state index is 9.04. The zero-order chi connectivity index (χ0) is 11.5. The van der Waals surface area contributed by atoms with Crippen molar-refractivity contribution in [1.82, 2.24) is 15.2 Å². The van der Waals surface area contributed by atoms with E-state index in [1.165, 1.54) is 0 Å². The molecule has 0 radical (unpaired) electrons. The van der Waals surface area contributed by atoms with E-state index in [1.54, 1.807) is 6.92 Å². The van der Waals surface area contributed by atoms with Crippen LogP contribution in [0.5, 0.6) is 0 Å². The average Bonchev–Trinajstić information content (AvgIpc) is 2.23.